The zero-order valence-electron chi connectivity index (χ0n) is 11.0. The number of halogens is 2. The minimum atomic E-state index is -0.899. The lowest BCUT2D eigenvalue weighted by Crippen LogP contribution is -2.40. The van der Waals surface area contributed by atoms with Crippen LogP contribution in [0.5, 0.6) is 0 Å². The first-order valence-electron chi connectivity index (χ1n) is 6.42. The van der Waals surface area contributed by atoms with Crippen molar-refractivity contribution in [1.29, 1.82) is 0 Å². The average molecular weight is 287 g/mol. The Balaban J connectivity index is 0.00000180. The van der Waals surface area contributed by atoms with Gasteiger partial charge in [-0.1, -0.05) is 31.2 Å². The molecule has 0 aliphatic carbocycles. The number of amides is 1. The van der Waals surface area contributed by atoms with Gasteiger partial charge in [-0.05, 0) is 17.5 Å². The third-order valence-corrected chi connectivity index (χ3v) is 3.35. The van der Waals surface area contributed by atoms with E-state index in [1.54, 1.807) is 0 Å². The van der Waals surface area contributed by atoms with Crippen LogP contribution >= 0.6 is 12.4 Å². The van der Waals surface area contributed by atoms with Crippen molar-refractivity contribution in [2.75, 3.05) is 6.54 Å². The minimum absolute atomic E-state index is 0. The molecule has 2 rings (SSSR count). The molecule has 3 nitrogen and oxygen atoms in total. The molecule has 19 heavy (non-hydrogen) atoms. The molecule has 1 aromatic rings. The predicted octanol–water partition coefficient (Wildman–Crippen LogP) is 1.99. The number of benzene rings is 1. The predicted molar refractivity (Wildman–Crippen MR) is 76.2 cm³/mol. The van der Waals surface area contributed by atoms with E-state index in [2.05, 4.69) is 23.6 Å². The monoisotopic (exact) mass is 286 g/mol. The topological polar surface area (TPSA) is 41.1 Å². The largest absolute Gasteiger partial charge is 0.351 e. The molecule has 1 fully saturated rings. The van der Waals surface area contributed by atoms with Gasteiger partial charge in [-0.25, -0.2) is 4.39 Å². The Morgan fingerprint density at radius 1 is 1.42 bits per heavy atom. The van der Waals surface area contributed by atoms with Gasteiger partial charge in [0.15, 0.2) is 0 Å². The SMILES string of the molecule is CCc1ccccc1CNC(=O)[C@H]1C[C@H](F)CN1.Cl. The number of hydrogen-bond acceptors (Lipinski definition) is 2. The van der Waals surface area contributed by atoms with Gasteiger partial charge in [0, 0.05) is 19.5 Å². The zero-order chi connectivity index (χ0) is 13.0. The smallest absolute Gasteiger partial charge is 0.237 e. The van der Waals surface area contributed by atoms with Crippen molar-refractivity contribution >= 4 is 18.3 Å². The molecule has 106 valence electrons. The van der Waals surface area contributed by atoms with E-state index in [0.717, 1.165) is 12.0 Å². The van der Waals surface area contributed by atoms with Crippen LogP contribution in [-0.2, 0) is 17.8 Å². The number of aryl methyl sites for hydroxylation is 1. The average Bonchev–Trinajstić information content (AvgIpc) is 2.83. The lowest BCUT2D eigenvalue weighted by Gasteiger charge is -2.12. The van der Waals surface area contributed by atoms with E-state index in [0.29, 0.717) is 6.54 Å². The summed E-state index contributed by atoms with van der Waals surface area (Å²) in [6, 6.07) is 7.66. The highest BCUT2D eigenvalue weighted by atomic mass is 35.5. The van der Waals surface area contributed by atoms with Crippen molar-refractivity contribution in [3.63, 3.8) is 0 Å². The first-order chi connectivity index (χ1) is 8.70. The molecule has 1 aromatic carbocycles. The number of rotatable bonds is 4. The number of carbonyl (C=O) groups is 1. The molecule has 1 saturated heterocycles. The van der Waals surface area contributed by atoms with Gasteiger partial charge in [0.1, 0.15) is 6.17 Å². The third-order valence-electron chi connectivity index (χ3n) is 3.35. The van der Waals surface area contributed by atoms with Gasteiger partial charge in [0.25, 0.3) is 0 Å². The summed E-state index contributed by atoms with van der Waals surface area (Å²) in [4.78, 5) is 11.8. The second-order valence-electron chi connectivity index (χ2n) is 4.63. The summed E-state index contributed by atoms with van der Waals surface area (Å²) in [5.41, 5.74) is 2.36. The molecule has 0 spiro atoms. The van der Waals surface area contributed by atoms with E-state index >= 15 is 0 Å². The maximum Gasteiger partial charge on any atom is 0.237 e. The second kappa shape index (κ2) is 7.46. The highest BCUT2D eigenvalue weighted by molar-refractivity contribution is 5.85. The maximum absolute atomic E-state index is 13.0. The highest BCUT2D eigenvalue weighted by Crippen LogP contribution is 2.12. The fraction of sp³-hybridized carbons (Fsp3) is 0.500. The first-order valence-corrected chi connectivity index (χ1v) is 6.42. The Morgan fingerprint density at radius 3 is 2.68 bits per heavy atom. The van der Waals surface area contributed by atoms with Crippen LogP contribution < -0.4 is 10.6 Å². The Labute approximate surface area is 119 Å². The van der Waals surface area contributed by atoms with Crippen molar-refractivity contribution in [1.82, 2.24) is 10.6 Å². The molecule has 0 saturated carbocycles. The molecular formula is C14H20ClFN2O. The number of hydrogen-bond donors (Lipinski definition) is 2. The van der Waals surface area contributed by atoms with E-state index in [9.17, 15) is 9.18 Å². The van der Waals surface area contributed by atoms with Crippen LogP contribution in [0.15, 0.2) is 24.3 Å². The van der Waals surface area contributed by atoms with Crippen LogP contribution in [0.3, 0.4) is 0 Å². The van der Waals surface area contributed by atoms with Crippen molar-refractivity contribution in [2.45, 2.75) is 38.5 Å². The van der Waals surface area contributed by atoms with E-state index in [1.807, 2.05) is 18.2 Å². The minimum Gasteiger partial charge on any atom is -0.351 e. The van der Waals surface area contributed by atoms with Crippen LogP contribution in [0.25, 0.3) is 0 Å². The van der Waals surface area contributed by atoms with Crippen LogP contribution in [0, 0.1) is 0 Å². The highest BCUT2D eigenvalue weighted by Gasteiger charge is 2.28. The number of nitrogens with one attached hydrogen (secondary N) is 2. The summed E-state index contributed by atoms with van der Waals surface area (Å²) in [6.07, 6.45) is 0.324. The third kappa shape index (κ3) is 4.18. The van der Waals surface area contributed by atoms with Gasteiger partial charge in [-0.15, -0.1) is 12.4 Å². The molecule has 0 unspecified atom stereocenters. The van der Waals surface area contributed by atoms with Crippen LogP contribution in [-0.4, -0.2) is 24.7 Å². The summed E-state index contributed by atoms with van der Waals surface area (Å²) in [7, 11) is 0. The maximum atomic E-state index is 13.0. The summed E-state index contributed by atoms with van der Waals surface area (Å²) < 4.78 is 13.0. The molecule has 2 N–H and O–H groups in total. The fourth-order valence-electron chi connectivity index (χ4n) is 2.27. The Hall–Kier alpha value is -1.13. The Bertz CT molecular complexity index is 428. The van der Waals surface area contributed by atoms with Crippen LogP contribution in [0.1, 0.15) is 24.5 Å². The van der Waals surface area contributed by atoms with Gasteiger partial charge >= 0.3 is 0 Å². The molecule has 1 aliphatic heterocycles. The summed E-state index contributed by atoms with van der Waals surface area (Å²) in [5.74, 6) is -0.110. The lowest BCUT2D eigenvalue weighted by atomic mass is 10.1. The number of alkyl halides is 1. The molecule has 0 radical (unpaired) electrons. The van der Waals surface area contributed by atoms with E-state index in [-0.39, 0.29) is 37.3 Å². The van der Waals surface area contributed by atoms with Crippen molar-refractivity contribution in [3.8, 4) is 0 Å². The second-order valence-corrected chi connectivity index (χ2v) is 4.63. The molecule has 1 aliphatic rings. The molecule has 0 bridgehead atoms. The standard InChI is InChI=1S/C14H19FN2O.ClH/c1-2-10-5-3-4-6-11(10)8-17-14(18)13-7-12(15)9-16-13;/h3-6,12-13,16H,2,7-9H2,1H3,(H,17,18);1H/t12-,13+;/m0./s1. The van der Waals surface area contributed by atoms with Gasteiger partial charge in [-0.2, -0.15) is 0 Å². The van der Waals surface area contributed by atoms with E-state index in [4.69, 9.17) is 0 Å². The summed E-state index contributed by atoms with van der Waals surface area (Å²) >= 11 is 0. The van der Waals surface area contributed by atoms with Crippen molar-refractivity contribution in [2.24, 2.45) is 0 Å². The molecule has 1 heterocycles. The fourth-order valence-corrected chi connectivity index (χ4v) is 2.27. The molecular weight excluding hydrogens is 267 g/mol. The lowest BCUT2D eigenvalue weighted by molar-refractivity contribution is -0.123. The van der Waals surface area contributed by atoms with E-state index in [1.165, 1.54) is 5.56 Å². The molecule has 5 heteroatoms. The van der Waals surface area contributed by atoms with Gasteiger partial charge < -0.3 is 10.6 Å². The van der Waals surface area contributed by atoms with Crippen LogP contribution in [0.4, 0.5) is 4.39 Å². The summed E-state index contributed by atoms with van der Waals surface area (Å²) in [5, 5.41) is 5.75. The first kappa shape index (κ1) is 15.9. The summed E-state index contributed by atoms with van der Waals surface area (Å²) in [6.45, 7) is 2.88. The normalized spacial score (nSPS) is 21.8. The van der Waals surface area contributed by atoms with Crippen molar-refractivity contribution in [3.05, 3.63) is 35.4 Å². The van der Waals surface area contributed by atoms with Gasteiger partial charge in [-0.3, -0.25) is 4.79 Å². The Morgan fingerprint density at radius 2 is 2.11 bits per heavy atom. The van der Waals surface area contributed by atoms with Gasteiger partial charge in [0.05, 0.1) is 6.04 Å². The molecule has 0 aromatic heterocycles. The quantitative estimate of drug-likeness (QED) is 0.889. The van der Waals surface area contributed by atoms with Gasteiger partial charge in [0.2, 0.25) is 5.91 Å². The zero-order valence-corrected chi connectivity index (χ0v) is 11.8. The van der Waals surface area contributed by atoms with Crippen LogP contribution in [0.2, 0.25) is 0 Å². The van der Waals surface area contributed by atoms with E-state index < -0.39 is 6.17 Å². The van der Waals surface area contributed by atoms with Crippen molar-refractivity contribution < 1.29 is 9.18 Å². The molecule has 1 amide bonds. The Kier molecular flexibility index (Phi) is 6.25. The molecule has 2 atom stereocenters. The number of carbonyl (C=O) groups excluding carboxylic acids is 1.